The van der Waals surface area contributed by atoms with Gasteiger partial charge in [-0.25, -0.2) is 14.4 Å². The van der Waals surface area contributed by atoms with Crippen LogP contribution in [0.2, 0.25) is 5.02 Å². The maximum absolute atomic E-state index is 14.9. The highest BCUT2D eigenvalue weighted by molar-refractivity contribution is 6.30. The number of piperidine rings is 1. The monoisotopic (exact) mass is 685 g/mol. The van der Waals surface area contributed by atoms with Crippen molar-refractivity contribution in [3.8, 4) is 23.0 Å². The summed E-state index contributed by atoms with van der Waals surface area (Å²) in [5.41, 5.74) is 2.77. The van der Waals surface area contributed by atoms with Gasteiger partial charge in [-0.3, -0.25) is 15.0 Å². The molecule has 1 fully saturated rings. The fraction of sp³-hybridized carbons (Fsp3) is 0.394. The zero-order chi connectivity index (χ0) is 33.8. The number of methoxy groups -OCH3 is 1. The number of pyridine rings is 1. The number of halogens is 5. The summed E-state index contributed by atoms with van der Waals surface area (Å²) >= 11 is 5.97. The zero-order valence-electron chi connectivity index (χ0n) is 26.3. The molecule has 1 N–H and O–H groups in total. The number of hydrogen-bond donors (Lipinski definition) is 1. The number of para-hydroxylation sites is 1. The highest BCUT2D eigenvalue weighted by Gasteiger charge is 2.43. The van der Waals surface area contributed by atoms with E-state index in [1.807, 2.05) is 34.8 Å². The van der Waals surface area contributed by atoms with Crippen LogP contribution in [0.3, 0.4) is 0 Å². The maximum Gasteiger partial charge on any atom is 0.451 e. The molecule has 0 aliphatic carbocycles. The Labute approximate surface area is 278 Å². The van der Waals surface area contributed by atoms with Gasteiger partial charge in [0.15, 0.2) is 17.3 Å². The first kappa shape index (κ1) is 32.3. The van der Waals surface area contributed by atoms with Crippen LogP contribution in [-0.4, -0.2) is 60.9 Å². The second-order valence-corrected chi connectivity index (χ2v) is 12.7. The quantitative estimate of drug-likeness (QED) is 0.173. The fourth-order valence-corrected chi connectivity index (χ4v) is 6.55. The van der Waals surface area contributed by atoms with Gasteiger partial charge >= 0.3 is 6.18 Å². The van der Waals surface area contributed by atoms with E-state index in [4.69, 9.17) is 30.8 Å². The number of alkyl halides is 3. The molecule has 0 radical (unpaired) electrons. The molecule has 2 aliphatic rings. The van der Waals surface area contributed by atoms with Gasteiger partial charge in [-0.1, -0.05) is 23.7 Å². The van der Waals surface area contributed by atoms with Crippen LogP contribution in [0.15, 0.2) is 48.7 Å². The lowest BCUT2D eigenvalue weighted by molar-refractivity contribution is -0.144. The van der Waals surface area contributed by atoms with Crippen molar-refractivity contribution >= 4 is 22.6 Å². The van der Waals surface area contributed by atoms with Crippen molar-refractivity contribution in [2.24, 2.45) is 0 Å². The maximum atomic E-state index is 14.9. The van der Waals surface area contributed by atoms with Crippen molar-refractivity contribution in [2.45, 2.75) is 63.8 Å². The predicted molar refractivity (Wildman–Crippen MR) is 168 cm³/mol. The molecule has 10 nitrogen and oxygen atoms in total. The van der Waals surface area contributed by atoms with Crippen molar-refractivity contribution in [1.29, 1.82) is 0 Å². The van der Waals surface area contributed by atoms with E-state index >= 15 is 0 Å². The number of imidazole rings is 1. The van der Waals surface area contributed by atoms with Crippen LogP contribution in [0.4, 0.5) is 17.6 Å². The molecule has 0 amide bonds. The summed E-state index contributed by atoms with van der Waals surface area (Å²) in [5, 5.41) is 5.93. The third-order valence-electron chi connectivity index (χ3n) is 8.96. The number of fused-ring (bicyclic) bond motifs is 2. The molecule has 5 aromatic rings. The number of H-pyrrole nitrogens is 1. The topological polar surface area (TPSA) is 103 Å². The number of rotatable bonds is 8. The highest BCUT2D eigenvalue weighted by atomic mass is 35.5. The van der Waals surface area contributed by atoms with E-state index in [0.29, 0.717) is 35.1 Å². The molecule has 0 spiro atoms. The summed E-state index contributed by atoms with van der Waals surface area (Å²) in [6, 6.07) is 11.8. The van der Waals surface area contributed by atoms with Crippen molar-refractivity contribution in [2.75, 3.05) is 20.2 Å². The van der Waals surface area contributed by atoms with Gasteiger partial charge in [-0.15, -0.1) is 0 Å². The Morgan fingerprint density at radius 1 is 1.12 bits per heavy atom. The Balaban J connectivity index is 1.09. The Morgan fingerprint density at radius 3 is 2.62 bits per heavy atom. The van der Waals surface area contributed by atoms with Gasteiger partial charge in [0.1, 0.15) is 17.3 Å². The summed E-state index contributed by atoms with van der Waals surface area (Å²) in [6.07, 6.45) is -1.49. The Kier molecular flexibility index (Phi) is 8.28. The van der Waals surface area contributed by atoms with Crippen molar-refractivity contribution in [1.82, 2.24) is 34.6 Å². The number of likely N-dealkylation sites (tertiary alicyclic amines) is 1. The second-order valence-electron chi connectivity index (χ2n) is 12.2. The first-order valence-corrected chi connectivity index (χ1v) is 15.9. The Hall–Kier alpha value is -4.27. The molecule has 2 aromatic carbocycles. The molecular formula is C33H32ClF4N7O3. The number of aromatic nitrogens is 6. The molecule has 0 saturated carbocycles. The molecule has 5 heterocycles. The molecule has 1 saturated heterocycles. The second kappa shape index (κ2) is 12.3. The van der Waals surface area contributed by atoms with Crippen molar-refractivity contribution in [3.05, 3.63) is 82.3 Å². The third-order valence-corrected chi connectivity index (χ3v) is 9.20. The van der Waals surface area contributed by atoms with Crippen LogP contribution in [0.1, 0.15) is 55.4 Å². The van der Waals surface area contributed by atoms with Crippen LogP contribution in [0.25, 0.3) is 22.6 Å². The van der Waals surface area contributed by atoms with Gasteiger partial charge in [-0.05, 0) is 69.1 Å². The number of benzene rings is 2. The normalized spacial score (nSPS) is 19.3. The summed E-state index contributed by atoms with van der Waals surface area (Å²) < 4.78 is 74.2. The molecule has 7 rings (SSSR count). The molecule has 2 aliphatic heterocycles. The van der Waals surface area contributed by atoms with Crippen LogP contribution >= 0.6 is 11.6 Å². The third kappa shape index (κ3) is 6.08. The summed E-state index contributed by atoms with van der Waals surface area (Å²) in [7, 11) is 1.63. The first-order valence-electron chi connectivity index (χ1n) is 15.5. The standard InChI is InChI=1S/C33H32ClF4N7O3/c1-18(46-3)16-45-26-15-39-25(30-41-31(43-42-30)33(36,37)38)14-24(26)40-28(45)17-44-11-9-19(10-12-44)21-5-4-6-27-29(21)48-32(2,47-27)22-8-7-20(34)13-23(22)35/h4-8,13-15,18-19H,9-12,16-17H2,1-3H3,(H,41,42,43)/t18-,32+/m1/s1. The molecule has 15 heteroatoms. The molecule has 2 atom stereocenters. The van der Waals surface area contributed by atoms with Crippen LogP contribution in [-0.2, 0) is 29.8 Å². The van der Waals surface area contributed by atoms with Crippen molar-refractivity contribution < 1.29 is 31.8 Å². The highest BCUT2D eigenvalue weighted by Crippen LogP contribution is 2.50. The number of nitrogens with zero attached hydrogens (tertiary/aromatic N) is 6. The van der Waals surface area contributed by atoms with Gasteiger partial charge in [0.05, 0.1) is 42.0 Å². The molecule has 252 valence electrons. The van der Waals surface area contributed by atoms with Gasteiger partial charge in [0.25, 0.3) is 5.79 Å². The molecule has 0 unspecified atom stereocenters. The minimum absolute atomic E-state index is 0.122. The number of hydrogen-bond acceptors (Lipinski definition) is 8. The van der Waals surface area contributed by atoms with Crippen LogP contribution in [0.5, 0.6) is 11.5 Å². The van der Waals surface area contributed by atoms with Crippen molar-refractivity contribution in [3.63, 3.8) is 0 Å². The lowest BCUT2D eigenvalue weighted by atomic mass is 9.88. The van der Waals surface area contributed by atoms with E-state index in [2.05, 4.69) is 20.0 Å². The lowest BCUT2D eigenvalue weighted by Crippen LogP contribution is -2.34. The molecule has 48 heavy (non-hydrogen) atoms. The predicted octanol–water partition coefficient (Wildman–Crippen LogP) is 7.09. The molecule has 3 aromatic heterocycles. The van der Waals surface area contributed by atoms with Gasteiger partial charge < -0.3 is 18.8 Å². The van der Waals surface area contributed by atoms with E-state index in [0.717, 1.165) is 42.8 Å². The number of ether oxygens (including phenoxy) is 3. The van der Waals surface area contributed by atoms with E-state index in [1.54, 1.807) is 38.4 Å². The molecular weight excluding hydrogens is 654 g/mol. The minimum atomic E-state index is -4.65. The fourth-order valence-electron chi connectivity index (χ4n) is 6.39. The van der Waals surface area contributed by atoms with Gasteiger partial charge in [0.2, 0.25) is 5.82 Å². The molecule has 0 bridgehead atoms. The summed E-state index contributed by atoms with van der Waals surface area (Å²) in [6.45, 7) is 6.27. The summed E-state index contributed by atoms with van der Waals surface area (Å²) in [5.74, 6) is -0.997. The number of nitrogens with one attached hydrogen (secondary N) is 1. The smallest absolute Gasteiger partial charge is 0.444 e. The van der Waals surface area contributed by atoms with E-state index in [1.165, 1.54) is 6.07 Å². The average Bonchev–Trinajstić information content (AvgIpc) is 3.77. The van der Waals surface area contributed by atoms with Gasteiger partial charge in [0, 0.05) is 24.6 Å². The minimum Gasteiger partial charge on any atom is -0.444 e. The zero-order valence-corrected chi connectivity index (χ0v) is 27.1. The number of aromatic amines is 1. The summed E-state index contributed by atoms with van der Waals surface area (Å²) in [4.78, 5) is 15.1. The van der Waals surface area contributed by atoms with E-state index in [-0.39, 0.29) is 29.1 Å². The lowest BCUT2D eigenvalue weighted by Gasteiger charge is -2.32. The van der Waals surface area contributed by atoms with Crippen LogP contribution < -0.4 is 9.47 Å². The SMILES string of the molecule is CO[C@H](C)Cn1c(CN2CCC(c3cccc4c3O[C@@](C)(c3ccc(Cl)cc3F)O4)CC2)nc2cc(-c3n[nH]c(C(F)(F)F)n3)ncc21. The Morgan fingerprint density at radius 2 is 1.92 bits per heavy atom. The first-order chi connectivity index (χ1) is 22.9. The Bertz CT molecular complexity index is 1970. The van der Waals surface area contributed by atoms with Crippen LogP contribution in [0, 0.1) is 5.82 Å². The van der Waals surface area contributed by atoms with E-state index in [9.17, 15) is 17.6 Å². The average molecular weight is 686 g/mol. The van der Waals surface area contributed by atoms with Gasteiger partial charge in [-0.2, -0.15) is 18.3 Å². The van der Waals surface area contributed by atoms with E-state index < -0.39 is 23.6 Å². The largest absolute Gasteiger partial charge is 0.451 e.